The molecule has 0 spiro atoms. The van der Waals surface area contributed by atoms with Crippen LogP contribution in [0, 0.1) is 6.92 Å². The van der Waals surface area contributed by atoms with Gasteiger partial charge in [-0.2, -0.15) is 5.10 Å². The lowest BCUT2D eigenvalue weighted by Gasteiger charge is -2.09. The van der Waals surface area contributed by atoms with Crippen LogP contribution in [-0.4, -0.2) is 33.8 Å². The second-order valence-corrected chi connectivity index (χ2v) is 5.11. The van der Waals surface area contributed by atoms with Crippen LogP contribution in [0.3, 0.4) is 0 Å². The van der Waals surface area contributed by atoms with Crippen molar-refractivity contribution in [2.24, 2.45) is 0 Å². The number of hydrogen-bond donors (Lipinski definition) is 0. The average Bonchev–Trinajstić information content (AvgIpc) is 2.90. The second-order valence-electron chi connectivity index (χ2n) is 5.11. The Kier molecular flexibility index (Phi) is 3.39. The van der Waals surface area contributed by atoms with Gasteiger partial charge in [0.05, 0.1) is 11.4 Å². The van der Waals surface area contributed by atoms with Gasteiger partial charge >= 0.3 is 0 Å². The molecule has 0 radical (unpaired) electrons. The van der Waals surface area contributed by atoms with Crippen molar-refractivity contribution in [3.63, 3.8) is 0 Å². The van der Waals surface area contributed by atoms with Gasteiger partial charge in [-0.3, -0.25) is 0 Å². The summed E-state index contributed by atoms with van der Waals surface area (Å²) >= 11 is 0. The van der Waals surface area contributed by atoms with Crippen LogP contribution in [0.5, 0.6) is 0 Å². The van der Waals surface area contributed by atoms with E-state index in [9.17, 15) is 0 Å². The Morgan fingerprint density at radius 1 is 1.00 bits per heavy atom. The first kappa shape index (κ1) is 13.3. The largest absolute Gasteiger partial charge is 0.347 e. The van der Waals surface area contributed by atoms with Crippen molar-refractivity contribution < 1.29 is 0 Å². The highest BCUT2D eigenvalue weighted by Crippen LogP contribution is 2.22. The minimum absolute atomic E-state index is 0.693. The highest BCUT2D eigenvalue weighted by Gasteiger charge is 2.10. The molecule has 0 atom stereocenters. The summed E-state index contributed by atoms with van der Waals surface area (Å²) in [6.07, 6.45) is 5.64. The van der Waals surface area contributed by atoms with E-state index in [2.05, 4.69) is 15.1 Å². The van der Waals surface area contributed by atoms with Crippen LogP contribution >= 0.6 is 0 Å². The van der Waals surface area contributed by atoms with Crippen LogP contribution in [0.15, 0.2) is 48.9 Å². The van der Waals surface area contributed by atoms with Gasteiger partial charge in [-0.05, 0) is 24.6 Å². The van der Waals surface area contributed by atoms with E-state index >= 15 is 0 Å². The zero-order valence-electron chi connectivity index (χ0n) is 12.4. The Hall–Kier alpha value is -2.69. The Labute approximate surface area is 123 Å². The number of anilines is 1. The van der Waals surface area contributed by atoms with Crippen LogP contribution < -0.4 is 4.90 Å². The van der Waals surface area contributed by atoms with E-state index < -0.39 is 0 Å². The summed E-state index contributed by atoms with van der Waals surface area (Å²) in [5.74, 6) is 0.693. The molecule has 0 unspecified atom stereocenters. The summed E-state index contributed by atoms with van der Waals surface area (Å²) in [5, 5.41) is 4.65. The van der Waals surface area contributed by atoms with Crippen molar-refractivity contribution in [1.29, 1.82) is 0 Å². The molecule has 5 heteroatoms. The van der Waals surface area contributed by atoms with Gasteiger partial charge in [-0.15, -0.1) is 0 Å². The van der Waals surface area contributed by atoms with Crippen molar-refractivity contribution in [2.75, 3.05) is 19.0 Å². The van der Waals surface area contributed by atoms with Crippen molar-refractivity contribution >= 4 is 5.95 Å². The summed E-state index contributed by atoms with van der Waals surface area (Å²) in [6.45, 7) is 2.04. The van der Waals surface area contributed by atoms with Gasteiger partial charge in [0.2, 0.25) is 5.95 Å². The number of para-hydroxylation sites is 1. The fourth-order valence-electron chi connectivity index (χ4n) is 2.13. The van der Waals surface area contributed by atoms with Gasteiger partial charge in [0.25, 0.3) is 0 Å². The van der Waals surface area contributed by atoms with Crippen LogP contribution in [0.2, 0.25) is 0 Å². The van der Waals surface area contributed by atoms with Crippen molar-refractivity contribution in [2.45, 2.75) is 6.92 Å². The van der Waals surface area contributed by atoms with E-state index in [1.165, 1.54) is 0 Å². The standard InChI is InChI=1S/C16H17N5/c1-12-11-21(14-7-5-4-6-8-14)19-15(12)13-9-17-16(18-10-13)20(2)3/h4-11H,1-3H3. The quantitative estimate of drug-likeness (QED) is 0.739. The Bertz CT molecular complexity index is 729. The number of nitrogens with zero attached hydrogens (tertiary/aromatic N) is 5. The first-order valence-electron chi connectivity index (χ1n) is 6.76. The topological polar surface area (TPSA) is 46.8 Å². The highest BCUT2D eigenvalue weighted by molar-refractivity contribution is 5.61. The summed E-state index contributed by atoms with van der Waals surface area (Å²) in [5.41, 5.74) is 3.97. The minimum Gasteiger partial charge on any atom is -0.347 e. The first-order chi connectivity index (χ1) is 10.1. The molecule has 0 N–H and O–H groups in total. The Morgan fingerprint density at radius 3 is 2.29 bits per heavy atom. The maximum Gasteiger partial charge on any atom is 0.224 e. The van der Waals surface area contributed by atoms with Gasteiger partial charge < -0.3 is 4.90 Å². The number of benzene rings is 1. The van der Waals surface area contributed by atoms with Gasteiger partial charge in [0.15, 0.2) is 0 Å². The molecule has 0 saturated heterocycles. The van der Waals surface area contributed by atoms with E-state index in [0.29, 0.717) is 5.95 Å². The Morgan fingerprint density at radius 2 is 1.67 bits per heavy atom. The number of hydrogen-bond acceptors (Lipinski definition) is 4. The maximum absolute atomic E-state index is 4.65. The van der Waals surface area contributed by atoms with Crippen LogP contribution in [-0.2, 0) is 0 Å². The van der Waals surface area contributed by atoms with Gasteiger partial charge in [0.1, 0.15) is 0 Å². The van der Waals surface area contributed by atoms with Gasteiger partial charge in [0, 0.05) is 38.2 Å². The SMILES string of the molecule is Cc1cn(-c2ccccc2)nc1-c1cnc(N(C)C)nc1. The zero-order chi connectivity index (χ0) is 14.8. The molecule has 0 fully saturated rings. The number of aromatic nitrogens is 4. The molecular formula is C16H17N5. The van der Waals surface area contributed by atoms with Crippen molar-refractivity contribution in [3.05, 3.63) is 54.5 Å². The maximum atomic E-state index is 4.65. The smallest absolute Gasteiger partial charge is 0.224 e. The molecule has 3 rings (SSSR count). The van der Waals surface area contributed by atoms with E-state index in [-0.39, 0.29) is 0 Å². The first-order valence-corrected chi connectivity index (χ1v) is 6.76. The fourth-order valence-corrected chi connectivity index (χ4v) is 2.13. The second kappa shape index (κ2) is 5.36. The number of rotatable bonds is 3. The predicted octanol–water partition coefficient (Wildman–Crippen LogP) is 2.70. The van der Waals surface area contributed by atoms with Crippen LogP contribution in [0.25, 0.3) is 16.9 Å². The lowest BCUT2D eigenvalue weighted by Crippen LogP contribution is -2.12. The molecule has 3 aromatic rings. The highest BCUT2D eigenvalue weighted by atomic mass is 15.3. The van der Waals surface area contributed by atoms with E-state index in [0.717, 1.165) is 22.5 Å². The summed E-state index contributed by atoms with van der Waals surface area (Å²) in [6, 6.07) is 10.1. The molecule has 0 aliphatic rings. The average molecular weight is 279 g/mol. The van der Waals surface area contributed by atoms with Crippen LogP contribution in [0.1, 0.15) is 5.56 Å². The molecule has 21 heavy (non-hydrogen) atoms. The Balaban J connectivity index is 1.98. The summed E-state index contributed by atoms with van der Waals surface area (Å²) in [7, 11) is 3.84. The zero-order valence-corrected chi connectivity index (χ0v) is 12.4. The van der Waals surface area contributed by atoms with Gasteiger partial charge in [-0.1, -0.05) is 18.2 Å². The number of aryl methyl sites for hydroxylation is 1. The van der Waals surface area contributed by atoms with E-state index in [1.807, 2.05) is 79.5 Å². The molecular weight excluding hydrogens is 262 g/mol. The molecule has 2 aromatic heterocycles. The monoisotopic (exact) mass is 279 g/mol. The van der Waals surface area contributed by atoms with Crippen molar-refractivity contribution in [3.8, 4) is 16.9 Å². The fraction of sp³-hybridized carbons (Fsp3) is 0.188. The molecule has 1 aromatic carbocycles. The normalized spacial score (nSPS) is 10.6. The van der Waals surface area contributed by atoms with Crippen LogP contribution in [0.4, 0.5) is 5.95 Å². The van der Waals surface area contributed by atoms with Crippen molar-refractivity contribution in [1.82, 2.24) is 19.7 Å². The van der Waals surface area contributed by atoms with Gasteiger partial charge in [-0.25, -0.2) is 14.6 Å². The summed E-state index contributed by atoms with van der Waals surface area (Å²) in [4.78, 5) is 10.6. The molecule has 106 valence electrons. The molecule has 0 aliphatic carbocycles. The third-order valence-electron chi connectivity index (χ3n) is 3.23. The third-order valence-corrected chi connectivity index (χ3v) is 3.23. The molecule has 0 aliphatic heterocycles. The predicted molar refractivity (Wildman–Crippen MR) is 83.7 cm³/mol. The third kappa shape index (κ3) is 2.63. The lowest BCUT2D eigenvalue weighted by molar-refractivity contribution is 0.882. The summed E-state index contributed by atoms with van der Waals surface area (Å²) < 4.78 is 1.88. The van der Waals surface area contributed by atoms with E-state index in [1.54, 1.807) is 0 Å². The minimum atomic E-state index is 0.693. The lowest BCUT2D eigenvalue weighted by atomic mass is 10.2. The molecule has 0 amide bonds. The molecule has 2 heterocycles. The molecule has 0 bridgehead atoms. The molecule has 5 nitrogen and oxygen atoms in total. The molecule has 0 saturated carbocycles. The van der Waals surface area contributed by atoms with E-state index in [4.69, 9.17) is 0 Å².